The highest BCUT2D eigenvalue weighted by molar-refractivity contribution is 5.90. The predicted molar refractivity (Wildman–Crippen MR) is 69.0 cm³/mol. The molecule has 1 amide bonds. The van der Waals surface area contributed by atoms with Crippen LogP contribution in [0, 0.1) is 5.92 Å². The Morgan fingerprint density at radius 3 is 2.50 bits per heavy atom. The van der Waals surface area contributed by atoms with Gasteiger partial charge >= 0.3 is 5.97 Å². The summed E-state index contributed by atoms with van der Waals surface area (Å²) in [5, 5.41) is 9.41. The Morgan fingerprint density at radius 2 is 2.06 bits per heavy atom. The number of nitrogens with two attached hydrogens (primary N) is 1. The van der Waals surface area contributed by atoms with Crippen molar-refractivity contribution in [2.24, 2.45) is 11.7 Å². The Hall–Kier alpha value is -1.10. The van der Waals surface area contributed by atoms with Crippen LogP contribution in [0.15, 0.2) is 0 Å². The van der Waals surface area contributed by atoms with Crippen molar-refractivity contribution in [3.8, 4) is 0 Å². The van der Waals surface area contributed by atoms with Gasteiger partial charge in [0.25, 0.3) is 0 Å². The number of carbonyl (C=O) groups is 2. The molecular formula is C13H24N2O3. The van der Waals surface area contributed by atoms with Crippen LogP contribution >= 0.6 is 0 Å². The first kappa shape index (κ1) is 15.0. The van der Waals surface area contributed by atoms with Gasteiger partial charge in [0.1, 0.15) is 5.54 Å². The summed E-state index contributed by atoms with van der Waals surface area (Å²) in [5.74, 6) is -0.801. The van der Waals surface area contributed by atoms with Crippen LogP contribution in [-0.2, 0) is 9.59 Å². The van der Waals surface area contributed by atoms with E-state index < -0.39 is 17.6 Å². The van der Waals surface area contributed by atoms with Gasteiger partial charge in [-0.15, -0.1) is 0 Å². The van der Waals surface area contributed by atoms with Gasteiger partial charge in [-0.1, -0.05) is 20.8 Å². The van der Waals surface area contributed by atoms with Gasteiger partial charge < -0.3 is 15.7 Å². The van der Waals surface area contributed by atoms with Crippen molar-refractivity contribution < 1.29 is 14.7 Å². The Labute approximate surface area is 108 Å². The van der Waals surface area contributed by atoms with Crippen molar-refractivity contribution in [2.45, 2.75) is 58.0 Å². The first-order valence-corrected chi connectivity index (χ1v) is 6.65. The Bertz CT molecular complexity index is 330. The fourth-order valence-corrected chi connectivity index (χ4v) is 2.75. The van der Waals surface area contributed by atoms with E-state index in [0.29, 0.717) is 31.7 Å². The number of carbonyl (C=O) groups excluding carboxylic acids is 1. The highest BCUT2D eigenvalue weighted by atomic mass is 16.4. The molecule has 0 radical (unpaired) electrons. The highest BCUT2D eigenvalue weighted by Gasteiger charge is 2.49. The number of hydrogen-bond donors (Lipinski definition) is 2. The number of carboxylic acid groups (broad SMARTS) is 1. The zero-order valence-corrected chi connectivity index (χ0v) is 11.5. The Morgan fingerprint density at radius 1 is 1.44 bits per heavy atom. The molecule has 0 aliphatic carbocycles. The molecule has 1 fully saturated rings. The molecule has 1 rings (SSSR count). The van der Waals surface area contributed by atoms with Crippen molar-refractivity contribution >= 4 is 11.9 Å². The van der Waals surface area contributed by atoms with E-state index in [2.05, 4.69) is 0 Å². The number of hydrogen-bond acceptors (Lipinski definition) is 3. The van der Waals surface area contributed by atoms with Gasteiger partial charge in [0, 0.05) is 6.54 Å². The molecular weight excluding hydrogens is 232 g/mol. The molecule has 0 saturated carbocycles. The second kappa shape index (κ2) is 5.69. The third kappa shape index (κ3) is 2.66. The molecule has 5 nitrogen and oxygen atoms in total. The second-order valence-corrected chi connectivity index (χ2v) is 5.52. The van der Waals surface area contributed by atoms with E-state index in [-0.39, 0.29) is 5.91 Å². The van der Waals surface area contributed by atoms with Gasteiger partial charge in [0.05, 0.1) is 6.04 Å². The lowest BCUT2D eigenvalue weighted by Gasteiger charge is -2.35. The lowest BCUT2D eigenvalue weighted by Crippen LogP contribution is -2.57. The van der Waals surface area contributed by atoms with Gasteiger partial charge in [-0.3, -0.25) is 4.79 Å². The summed E-state index contributed by atoms with van der Waals surface area (Å²) in [5.41, 5.74) is 4.85. The van der Waals surface area contributed by atoms with Gasteiger partial charge in [0.2, 0.25) is 5.91 Å². The van der Waals surface area contributed by atoms with Crippen molar-refractivity contribution in [3.05, 3.63) is 0 Å². The summed E-state index contributed by atoms with van der Waals surface area (Å²) >= 11 is 0. The largest absolute Gasteiger partial charge is 0.479 e. The quantitative estimate of drug-likeness (QED) is 0.774. The summed E-state index contributed by atoms with van der Waals surface area (Å²) in [6.07, 6.45) is 2.29. The molecule has 18 heavy (non-hydrogen) atoms. The van der Waals surface area contributed by atoms with E-state index in [9.17, 15) is 14.7 Å². The zero-order chi connectivity index (χ0) is 13.9. The molecule has 1 aliphatic rings. The average Bonchev–Trinajstić information content (AvgIpc) is 2.71. The van der Waals surface area contributed by atoms with Crippen molar-refractivity contribution in [3.63, 3.8) is 0 Å². The maximum absolute atomic E-state index is 12.3. The van der Waals surface area contributed by atoms with E-state index in [1.54, 1.807) is 0 Å². The second-order valence-electron chi connectivity index (χ2n) is 5.52. The lowest BCUT2D eigenvalue weighted by atomic mass is 9.92. The fourth-order valence-electron chi connectivity index (χ4n) is 2.75. The standard InChI is InChI=1S/C13H24N2O3/c1-4-13(12(17)18)6-5-7-15(13)11(16)10(14)8-9(2)3/h9-10H,4-8,14H2,1-3H3,(H,17,18)/t10-,13?/m0/s1. The van der Waals surface area contributed by atoms with Crippen molar-refractivity contribution in [1.29, 1.82) is 0 Å². The van der Waals surface area contributed by atoms with Gasteiger partial charge in [0.15, 0.2) is 0 Å². The topological polar surface area (TPSA) is 83.6 Å². The van der Waals surface area contributed by atoms with Crippen LogP contribution in [-0.4, -0.2) is 40.0 Å². The molecule has 3 N–H and O–H groups in total. The van der Waals surface area contributed by atoms with Crippen LogP contribution in [0.25, 0.3) is 0 Å². The first-order chi connectivity index (χ1) is 8.35. The predicted octanol–water partition coefficient (Wildman–Crippen LogP) is 1.22. The van der Waals surface area contributed by atoms with E-state index >= 15 is 0 Å². The zero-order valence-electron chi connectivity index (χ0n) is 11.5. The average molecular weight is 256 g/mol. The lowest BCUT2D eigenvalue weighted by molar-refractivity contribution is -0.157. The molecule has 2 atom stereocenters. The molecule has 1 heterocycles. The monoisotopic (exact) mass is 256 g/mol. The molecule has 1 aliphatic heterocycles. The number of likely N-dealkylation sites (tertiary alicyclic amines) is 1. The summed E-state index contributed by atoms with van der Waals surface area (Å²) < 4.78 is 0. The fraction of sp³-hybridized carbons (Fsp3) is 0.846. The highest BCUT2D eigenvalue weighted by Crippen LogP contribution is 2.33. The van der Waals surface area contributed by atoms with Gasteiger partial charge in [-0.25, -0.2) is 4.79 Å². The molecule has 104 valence electrons. The molecule has 0 aromatic heterocycles. The van der Waals surface area contributed by atoms with E-state index in [0.717, 1.165) is 6.42 Å². The molecule has 0 aromatic carbocycles. The molecule has 0 bridgehead atoms. The smallest absolute Gasteiger partial charge is 0.329 e. The van der Waals surface area contributed by atoms with Crippen molar-refractivity contribution in [1.82, 2.24) is 4.90 Å². The third-order valence-corrected chi connectivity index (χ3v) is 3.78. The molecule has 0 spiro atoms. The van der Waals surface area contributed by atoms with Crippen LogP contribution in [0.4, 0.5) is 0 Å². The molecule has 1 saturated heterocycles. The van der Waals surface area contributed by atoms with Crippen LogP contribution in [0.1, 0.15) is 46.5 Å². The molecule has 1 unspecified atom stereocenters. The number of nitrogens with zero attached hydrogens (tertiary/aromatic N) is 1. The minimum atomic E-state index is -1.04. The molecule has 0 aromatic rings. The van der Waals surface area contributed by atoms with Crippen LogP contribution < -0.4 is 5.73 Å². The van der Waals surface area contributed by atoms with Crippen LogP contribution in [0.2, 0.25) is 0 Å². The maximum Gasteiger partial charge on any atom is 0.329 e. The van der Waals surface area contributed by atoms with E-state index in [1.807, 2.05) is 20.8 Å². The van der Waals surface area contributed by atoms with E-state index in [1.165, 1.54) is 4.90 Å². The maximum atomic E-state index is 12.3. The summed E-state index contributed by atoms with van der Waals surface area (Å²) in [6.45, 7) is 6.32. The Kier molecular flexibility index (Phi) is 4.73. The first-order valence-electron chi connectivity index (χ1n) is 6.65. The number of aliphatic carboxylic acids is 1. The van der Waals surface area contributed by atoms with E-state index in [4.69, 9.17) is 5.73 Å². The Balaban J connectivity index is 2.87. The SMILES string of the molecule is CCC1(C(=O)O)CCCN1C(=O)[C@@H](N)CC(C)C. The molecule has 5 heteroatoms. The summed E-state index contributed by atoms with van der Waals surface area (Å²) in [7, 11) is 0. The van der Waals surface area contributed by atoms with Gasteiger partial charge in [-0.05, 0) is 31.6 Å². The number of carboxylic acids is 1. The van der Waals surface area contributed by atoms with Crippen LogP contribution in [0.5, 0.6) is 0 Å². The summed E-state index contributed by atoms with van der Waals surface area (Å²) in [4.78, 5) is 25.3. The number of rotatable bonds is 5. The van der Waals surface area contributed by atoms with Crippen molar-refractivity contribution in [2.75, 3.05) is 6.54 Å². The minimum Gasteiger partial charge on any atom is -0.479 e. The normalized spacial score (nSPS) is 25.5. The van der Waals surface area contributed by atoms with Gasteiger partial charge in [-0.2, -0.15) is 0 Å². The minimum absolute atomic E-state index is 0.217. The third-order valence-electron chi connectivity index (χ3n) is 3.78. The number of amides is 1. The van der Waals surface area contributed by atoms with Crippen LogP contribution in [0.3, 0.4) is 0 Å². The summed E-state index contributed by atoms with van der Waals surface area (Å²) in [6, 6.07) is -0.589.